The normalized spacial score (nSPS) is 12.3. The fourth-order valence-electron chi connectivity index (χ4n) is 1.86. The number of sulfone groups is 1. The average Bonchev–Trinajstić information content (AvgIpc) is 2.49. The van der Waals surface area contributed by atoms with Crippen LogP contribution < -0.4 is 15.4 Å². The minimum atomic E-state index is -3.14. The lowest BCUT2D eigenvalue weighted by molar-refractivity contribution is 0.409. The van der Waals surface area contributed by atoms with Crippen LogP contribution in [-0.4, -0.2) is 45.6 Å². The summed E-state index contributed by atoms with van der Waals surface area (Å²) in [5, 5.41) is 6.17. The van der Waals surface area contributed by atoms with Crippen molar-refractivity contribution in [1.29, 1.82) is 0 Å². The Morgan fingerprint density at radius 2 is 1.83 bits per heavy atom. The number of hydrogen-bond donors (Lipinski definition) is 2. The van der Waals surface area contributed by atoms with Crippen molar-refractivity contribution in [2.75, 3.05) is 26.5 Å². The van der Waals surface area contributed by atoms with Crippen molar-refractivity contribution in [3.05, 3.63) is 29.8 Å². The van der Waals surface area contributed by atoms with E-state index in [1.807, 2.05) is 24.3 Å². The van der Waals surface area contributed by atoms with Gasteiger partial charge in [-0.1, -0.05) is 18.2 Å². The molecule has 0 unspecified atom stereocenters. The summed E-state index contributed by atoms with van der Waals surface area (Å²) in [7, 11) is 0.132. The number of para-hydroxylation sites is 1. The number of nitrogens with zero attached hydrogens (tertiary/aromatic N) is 1. The standard InChI is InChI=1S/C16H27N3O3S.HI/c1-16(2,3)23(20,21)11-10-18-15(17-4)19-12-13-8-6-7-9-14(13)22-5;/h6-9H,10-12H2,1-5H3,(H2,17,18,19);1H. The van der Waals surface area contributed by atoms with Crippen LogP contribution in [0.15, 0.2) is 29.3 Å². The molecule has 0 radical (unpaired) electrons. The molecule has 1 aromatic rings. The molecule has 0 aliphatic carbocycles. The summed E-state index contributed by atoms with van der Waals surface area (Å²) < 4.78 is 28.7. The van der Waals surface area contributed by atoms with Crippen LogP contribution in [0.4, 0.5) is 0 Å². The molecule has 0 heterocycles. The molecule has 0 bridgehead atoms. The summed E-state index contributed by atoms with van der Waals surface area (Å²) in [4.78, 5) is 4.10. The van der Waals surface area contributed by atoms with Gasteiger partial charge in [0.05, 0.1) is 17.6 Å². The van der Waals surface area contributed by atoms with Gasteiger partial charge in [-0.15, -0.1) is 24.0 Å². The molecular weight excluding hydrogens is 441 g/mol. The largest absolute Gasteiger partial charge is 0.496 e. The number of hydrogen-bond acceptors (Lipinski definition) is 4. The van der Waals surface area contributed by atoms with Crippen LogP contribution in [0.1, 0.15) is 26.3 Å². The van der Waals surface area contributed by atoms with E-state index in [2.05, 4.69) is 15.6 Å². The Balaban J connectivity index is 0.00000529. The first kappa shape index (κ1) is 23.0. The average molecular weight is 469 g/mol. The van der Waals surface area contributed by atoms with Crippen molar-refractivity contribution in [3.63, 3.8) is 0 Å². The van der Waals surface area contributed by atoms with Gasteiger partial charge in [0.25, 0.3) is 0 Å². The Morgan fingerprint density at radius 1 is 1.21 bits per heavy atom. The molecule has 0 spiro atoms. The molecular formula is C16H28IN3O3S. The lowest BCUT2D eigenvalue weighted by atomic mass is 10.2. The van der Waals surface area contributed by atoms with Crippen LogP contribution in [0, 0.1) is 0 Å². The zero-order valence-electron chi connectivity index (χ0n) is 14.9. The Hall–Kier alpha value is -1.03. The molecule has 0 fully saturated rings. The first-order valence-corrected chi connectivity index (χ1v) is 9.15. The highest BCUT2D eigenvalue weighted by Crippen LogP contribution is 2.17. The van der Waals surface area contributed by atoms with Crippen molar-refractivity contribution in [2.45, 2.75) is 32.1 Å². The van der Waals surface area contributed by atoms with Gasteiger partial charge in [-0.25, -0.2) is 8.42 Å². The number of guanidine groups is 1. The Bertz CT molecular complexity index is 640. The van der Waals surface area contributed by atoms with E-state index in [1.54, 1.807) is 34.9 Å². The van der Waals surface area contributed by atoms with E-state index in [1.165, 1.54) is 0 Å². The second kappa shape index (κ2) is 10.1. The highest BCUT2D eigenvalue weighted by atomic mass is 127. The molecule has 24 heavy (non-hydrogen) atoms. The van der Waals surface area contributed by atoms with Crippen molar-refractivity contribution >= 4 is 39.8 Å². The monoisotopic (exact) mass is 469 g/mol. The minimum absolute atomic E-state index is 0. The van der Waals surface area contributed by atoms with E-state index < -0.39 is 14.6 Å². The number of halogens is 1. The van der Waals surface area contributed by atoms with Crippen LogP contribution in [0.2, 0.25) is 0 Å². The zero-order chi connectivity index (χ0) is 17.5. The van der Waals surface area contributed by atoms with Crippen molar-refractivity contribution < 1.29 is 13.2 Å². The molecule has 0 aliphatic heterocycles. The van der Waals surface area contributed by atoms with Crippen molar-refractivity contribution in [3.8, 4) is 5.75 Å². The Morgan fingerprint density at radius 3 is 2.38 bits per heavy atom. The first-order valence-electron chi connectivity index (χ1n) is 7.50. The first-order chi connectivity index (χ1) is 10.7. The van der Waals surface area contributed by atoms with Gasteiger partial charge in [-0.2, -0.15) is 0 Å². The maximum Gasteiger partial charge on any atom is 0.191 e. The number of methoxy groups -OCH3 is 1. The zero-order valence-corrected chi connectivity index (χ0v) is 18.1. The van der Waals surface area contributed by atoms with Gasteiger partial charge in [0.2, 0.25) is 0 Å². The number of nitrogens with one attached hydrogen (secondary N) is 2. The molecule has 0 saturated heterocycles. The van der Waals surface area contributed by atoms with Gasteiger partial charge in [0.15, 0.2) is 15.8 Å². The van der Waals surface area contributed by atoms with E-state index in [0.29, 0.717) is 19.0 Å². The highest BCUT2D eigenvalue weighted by Gasteiger charge is 2.28. The predicted octanol–water partition coefficient (Wildman–Crippen LogP) is 2.19. The van der Waals surface area contributed by atoms with Gasteiger partial charge >= 0.3 is 0 Å². The third-order valence-electron chi connectivity index (χ3n) is 3.46. The van der Waals surface area contributed by atoms with Crippen LogP contribution >= 0.6 is 24.0 Å². The summed E-state index contributed by atoms with van der Waals surface area (Å²) in [6.07, 6.45) is 0. The molecule has 0 saturated carbocycles. The van der Waals surface area contributed by atoms with E-state index >= 15 is 0 Å². The lowest BCUT2D eigenvalue weighted by Gasteiger charge is -2.20. The number of ether oxygens (including phenoxy) is 1. The number of rotatable bonds is 6. The minimum Gasteiger partial charge on any atom is -0.496 e. The van der Waals surface area contributed by atoms with E-state index in [-0.39, 0.29) is 29.7 Å². The fourth-order valence-corrected chi connectivity index (χ4v) is 2.84. The Kier molecular flexibility index (Phi) is 9.64. The molecule has 6 nitrogen and oxygen atoms in total. The van der Waals surface area contributed by atoms with Gasteiger partial charge in [-0.3, -0.25) is 4.99 Å². The summed E-state index contributed by atoms with van der Waals surface area (Å²) >= 11 is 0. The van der Waals surface area contributed by atoms with Gasteiger partial charge < -0.3 is 15.4 Å². The second-order valence-electron chi connectivity index (χ2n) is 6.10. The summed E-state index contributed by atoms with van der Waals surface area (Å²) in [6.45, 7) is 5.96. The van der Waals surface area contributed by atoms with Crippen molar-refractivity contribution in [1.82, 2.24) is 10.6 Å². The summed E-state index contributed by atoms with van der Waals surface area (Å²) in [6, 6.07) is 7.70. The second-order valence-corrected chi connectivity index (χ2v) is 8.96. The van der Waals surface area contributed by atoms with E-state index in [9.17, 15) is 8.42 Å². The Labute approximate surface area is 162 Å². The van der Waals surface area contributed by atoms with Crippen molar-refractivity contribution in [2.24, 2.45) is 4.99 Å². The molecule has 1 aromatic carbocycles. The third-order valence-corrected chi connectivity index (χ3v) is 6.07. The third kappa shape index (κ3) is 6.84. The molecule has 0 aromatic heterocycles. The SMILES string of the molecule is CN=C(NCCS(=O)(=O)C(C)(C)C)NCc1ccccc1OC.I. The number of benzene rings is 1. The van der Waals surface area contributed by atoms with Gasteiger partial charge in [0.1, 0.15) is 5.75 Å². The van der Waals surface area contributed by atoms with Crippen LogP contribution in [0.25, 0.3) is 0 Å². The molecule has 1 rings (SSSR count). The molecule has 8 heteroatoms. The fraction of sp³-hybridized carbons (Fsp3) is 0.562. The summed E-state index contributed by atoms with van der Waals surface area (Å²) in [5.41, 5.74) is 1.00. The molecule has 0 aliphatic rings. The molecule has 2 N–H and O–H groups in total. The van der Waals surface area contributed by atoms with Crippen LogP contribution in [-0.2, 0) is 16.4 Å². The summed E-state index contributed by atoms with van der Waals surface area (Å²) in [5.74, 6) is 1.41. The lowest BCUT2D eigenvalue weighted by Crippen LogP contribution is -2.41. The van der Waals surface area contributed by atoms with E-state index in [0.717, 1.165) is 11.3 Å². The number of aliphatic imine (C=N–C) groups is 1. The van der Waals surface area contributed by atoms with Crippen LogP contribution in [0.5, 0.6) is 5.75 Å². The quantitative estimate of drug-likeness (QED) is 0.380. The smallest absolute Gasteiger partial charge is 0.191 e. The molecule has 138 valence electrons. The predicted molar refractivity (Wildman–Crippen MR) is 110 cm³/mol. The maximum absolute atomic E-state index is 12.1. The highest BCUT2D eigenvalue weighted by molar-refractivity contribution is 14.0. The molecule has 0 amide bonds. The van der Waals surface area contributed by atoms with Gasteiger partial charge in [-0.05, 0) is 26.8 Å². The molecule has 0 atom stereocenters. The van der Waals surface area contributed by atoms with Gasteiger partial charge in [0, 0.05) is 25.7 Å². The topological polar surface area (TPSA) is 79.8 Å². The van der Waals surface area contributed by atoms with E-state index in [4.69, 9.17) is 4.74 Å². The maximum atomic E-state index is 12.1. The van der Waals surface area contributed by atoms with Crippen LogP contribution in [0.3, 0.4) is 0 Å².